The van der Waals surface area contributed by atoms with Gasteiger partial charge in [-0.2, -0.15) is 13.2 Å². The lowest BCUT2D eigenvalue weighted by Crippen LogP contribution is -2.34. The summed E-state index contributed by atoms with van der Waals surface area (Å²) in [5, 5.41) is 6.46. The first kappa shape index (κ1) is 35.3. The van der Waals surface area contributed by atoms with Gasteiger partial charge >= 0.3 is 18.2 Å². The second kappa shape index (κ2) is 14.7. The molecule has 0 aliphatic rings. The van der Waals surface area contributed by atoms with E-state index in [4.69, 9.17) is 25.8 Å². The van der Waals surface area contributed by atoms with E-state index < -0.39 is 40.4 Å². The summed E-state index contributed by atoms with van der Waals surface area (Å²) in [4.78, 5) is 31.6. The lowest BCUT2D eigenvalue weighted by atomic mass is 10.2. The largest absolute Gasteiger partial charge is 0.491 e. The molecule has 10 nitrogen and oxygen atoms in total. The van der Waals surface area contributed by atoms with Crippen molar-refractivity contribution in [1.82, 2.24) is 20.1 Å². The lowest BCUT2D eigenvalue weighted by molar-refractivity contribution is -0.137. The highest BCUT2D eigenvalue weighted by Crippen LogP contribution is 2.37. The van der Waals surface area contributed by atoms with Crippen LogP contribution in [-0.4, -0.2) is 72.1 Å². The maximum atomic E-state index is 14.7. The highest BCUT2D eigenvalue weighted by molar-refractivity contribution is 7.16. The van der Waals surface area contributed by atoms with Gasteiger partial charge in [0.2, 0.25) is 0 Å². The molecule has 0 fully saturated rings. The van der Waals surface area contributed by atoms with Crippen molar-refractivity contribution < 1.29 is 41.4 Å². The number of esters is 1. The van der Waals surface area contributed by atoms with Crippen molar-refractivity contribution in [2.24, 2.45) is 0 Å². The van der Waals surface area contributed by atoms with E-state index in [9.17, 15) is 27.2 Å². The first-order chi connectivity index (χ1) is 21.0. The third-order valence-electron chi connectivity index (χ3n) is 5.73. The van der Waals surface area contributed by atoms with Crippen LogP contribution in [0.5, 0.6) is 5.75 Å². The Labute approximate surface area is 266 Å². The second-order valence-electron chi connectivity index (χ2n) is 10.5. The van der Waals surface area contributed by atoms with Gasteiger partial charge in [-0.15, -0.1) is 21.5 Å². The molecule has 45 heavy (non-hydrogen) atoms. The molecular weight excluding hydrogens is 642 g/mol. The molecule has 0 aliphatic carbocycles. The Balaban J connectivity index is 1.63. The quantitative estimate of drug-likeness (QED) is 0.109. The summed E-state index contributed by atoms with van der Waals surface area (Å²) in [7, 11) is 4.14. The topological polar surface area (TPSA) is 107 Å². The van der Waals surface area contributed by atoms with E-state index in [-0.39, 0.29) is 42.0 Å². The van der Waals surface area contributed by atoms with E-state index in [1.165, 1.54) is 36.1 Å². The fraction of sp³-hybridized carbons (Fsp3) is 0.414. The standard InChI is InChI=1S/C29H30ClF4N5O5S/c1-28(2,3)44-27(41)38(4)13-7-9-17-11-12-20(19(31)15-17)43-14-8-10-21-23(25(40)42-6)35-26(45-21)39(5)22-16-18(29(32,33)34)24(30)37-36-22/h11-12,15-16H,8,10,13-14H2,1-6H3. The Morgan fingerprint density at radius 2 is 1.82 bits per heavy atom. The number of hydrogen-bond acceptors (Lipinski definition) is 10. The van der Waals surface area contributed by atoms with Crippen LogP contribution < -0.4 is 9.64 Å². The van der Waals surface area contributed by atoms with Crippen molar-refractivity contribution in [3.05, 3.63) is 56.9 Å². The van der Waals surface area contributed by atoms with Crippen molar-refractivity contribution in [3.63, 3.8) is 0 Å². The zero-order valence-corrected chi connectivity index (χ0v) is 26.8. The van der Waals surface area contributed by atoms with Gasteiger partial charge in [-0.25, -0.2) is 19.0 Å². The van der Waals surface area contributed by atoms with Gasteiger partial charge in [-0.3, -0.25) is 0 Å². The smallest absolute Gasteiger partial charge is 0.419 e. The molecule has 2 heterocycles. The first-order valence-corrected chi connectivity index (χ1v) is 14.5. The number of rotatable bonds is 9. The summed E-state index contributed by atoms with van der Waals surface area (Å²) in [6, 6.07) is 4.94. The number of methoxy groups -OCH3 is 1. The Bertz CT molecular complexity index is 1600. The first-order valence-electron chi connectivity index (χ1n) is 13.3. The van der Waals surface area contributed by atoms with Crippen molar-refractivity contribution in [2.75, 3.05) is 39.3 Å². The zero-order valence-electron chi connectivity index (χ0n) is 25.2. The second-order valence-corrected chi connectivity index (χ2v) is 11.9. The predicted octanol–water partition coefficient (Wildman–Crippen LogP) is 6.53. The Morgan fingerprint density at radius 1 is 1.11 bits per heavy atom. The van der Waals surface area contributed by atoms with Crippen molar-refractivity contribution >= 4 is 45.9 Å². The van der Waals surface area contributed by atoms with Crippen LogP contribution in [0.4, 0.5) is 33.3 Å². The van der Waals surface area contributed by atoms with Gasteiger partial charge in [0.15, 0.2) is 33.4 Å². The summed E-state index contributed by atoms with van der Waals surface area (Å²) < 4.78 is 70.2. The SMILES string of the molecule is COC(=O)c1nc(N(C)c2cc(C(F)(F)F)c(Cl)nn2)sc1CCCOc1ccc(C#CCN(C)C(=O)OC(C)(C)C)cc1F. The summed E-state index contributed by atoms with van der Waals surface area (Å²) >= 11 is 6.61. The lowest BCUT2D eigenvalue weighted by Gasteiger charge is -2.23. The summed E-state index contributed by atoms with van der Waals surface area (Å²) in [6.45, 7) is 5.42. The molecule has 0 unspecified atom stereocenters. The molecule has 242 valence electrons. The van der Waals surface area contributed by atoms with Crippen LogP contribution in [-0.2, 0) is 22.1 Å². The molecule has 0 saturated heterocycles. The van der Waals surface area contributed by atoms with Crippen LogP contribution in [0, 0.1) is 17.7 Å². The van der Waals surface area contributed by atoms with Crippen molar-refractivity contribution in [2.45, 2.75) is 45.4 Å². The Hall–Kier alpha value is -4.16. The number of thiazole rings is 1. The van der Waals surface area contributed by atoms with Crippen LogP contribution in [0.25, 0.3) is 0 Å². The molecule has 2 aromatic heterocycles. The van der Waals surface area contributed by atoms with Gasteiger partial charge in [-0.05, 0) is 57.9 Å². The van der Waals surface area contributed by atoms with E-state index in [0.717, 1.165) is 17.4 Å². The molecular formula is C29H30ClF4N5O5S. The number of aryl methyl sites for hydroxylation is 1. The molecule has 3 aromatic rings. The third kappa shape index (κ3) is 9.92. The molecule has 0 atom stereocenters. The average Bonchev–Trinajstić information content (AvgIpc) is 3.38. The molecule has 3 rings (SSSR count). The van der Waals surface area contributed by atoms with E-state index in [1.54, 1.807) is 33.9 Å². The molecule has 0 radical (unpaired) electrons. The minimum atomic E-state index is -4.75. The van der Waals surface area contributed by atoms with Crippen LogP contribution in [0.3, 0.4) is 0 Å². The van der Waals surface area contributed by atoms with Crippen LogP contribution in [0.1, 0.15) is 53.7 Å². The van der Waals surface area contributed by atoms with Crippen LogP contribution >= 0.6 is 22.9 Å². The van der Waals surface area contributed by atoms with Crippen molar-refractivity contribution in [1.29, 1.82) is 0 Å². The predicted molar refractivity (Wildman–Crippen MR) is 160 cm³/mol. The third-order valence-corrected chi connectivity index (χ3v) is 7.20. The molecule has 1 aromatic carbocycles. The van der Waals surface area contributed by atoms with Gasteiger partial charge in [0.1, 0.15) is 5.60 Å². The molecule has 0 N–H and O–H groups in total. The van der Waals surface area contributed by atoms with E-state index in [0.29, 0.717) is 16.9 Å². The fourth-order valence-corrected chi connectivity index (χ4v) is 4.77. The molecule has 0 saturated carbocycles. The molecule has 0 spiro atoms. The van der Waals surface area contributed by atoms with Gasteiger partial charge in [-0.1, -0.05) is 23.4 Å². The molecule has 0 aliphatic heterocycles. The normalized spacial score (nSPS) is 11.4. The summed E-state index contributed by atoms with van der Waals surface area (Å²) in [5.41, 5.74) is -1.44. The monoisotopic (exact) mass is 671 g/mol. The average molecular weight is 672 g/mol. The minimum absolute atomic E-state index is 0.00822. The summed E-state index contributed by atoms with van der Waals surface area (Å²) in [5.74, 6) is 4.01. The number of nitrogens with zero attached hydrogens (tertiary/aromatic N) is 5. The van der Waals surface area contributed by atoms with Crippen LogP contribution in [0.15, 0.2) is 24.3 Å². The Kier molecular flexibility index (Phi) is 11.6. The highest BCUT2D eigenvalue weighted by atomic mass is 35.5. The maximum absolute atomic E-state index is 14.7. The van der Waals surface area contributed by atoms with E-state index >= 15 is 0 Å². The number of amides is 1. The minimum Gasteiger partial charge on any atom is -0.491 e. The number of anilines is 2. The molecule has 16 heteroatoms. The number of halogens is 5. The van der Waals surface area contributed by atoms with Gasteiger partial charge in [0, 0.05) is 24.5 Å². The van der Waals surface area contributed by atoms with Gasteiger partial charge in [0.25, 0.3) is 0 Å². The van der Waals surface area contributed by atoms with Crippen molar-refractivity contribution in [3.8, 4) is 17.6 Å². The summed E-state index contributed by atoms with van der Waals surface area (Å²) in [6.07, 6.45) is -4.66. The van der Waals surface area contributed by atoms with Gasteiger partial charge < -0.3 is 24.0 Å². The van der Waals surface area contributed by atoms with Crippen LogP contribution in [0.2, 0.25) is 5.15 Å². The number of aromatic nitrogens is 3. The number of carbonyl (C=O) groups excluding carboxylic acids is 2. The number of ether oxygens (including phenoxy) is 3. The highest BCUT2D eigenvalue weighted by Gasteiger charge is 2.35. The van der Waals surface area contributed by atoms with E-state index in [1.807, 2.05) is 0 Å². The maximum Gasteiger partial charge on any atom is 0.419 e. The fourth-order valence-electron chi connectivity index (χ4n) is 3.51. The number of benzene rings is 1. The van der Waals surface area contributed by atoms with E-state index in [2.05, 4.69) is 27.0 Å². The van der Waals surface area contributed by atoms with Gasteiger partial charge in [0.05, 0.1) is 25.8 Å². The number of hydrogen-bond donors (Lipinski definition) is 0. The zero-order chi connectivity index (χ0) is 33.5. The Morgan fingerprint density at radius 3 is 2.44 bits per heavy atom. The number of carbonyl (C=O) groups is 2. The molecule has 0 bridgehead atoms. The number of alkyl halides is 3. The molecule has 1 amide bonds.